The third-order valence-corrected chi connectivity index (χ3v) is 24.3. The highest BCUT2D eigenvalue weighted by Gasteiger charge is 2.45. The first kappa shape index (κ1) is 132. The Morgan fingerprint density at radius 3 is 1.60 bits per heavy atom. The molecule has 0 aliphatic carbocycles. The summed E-state index contributed by atoms with van der Waals surface area (Å²) in [5, 5.41) is 141. The average molecular weight is 2100 g/mol. The number of carboxylic acid groups (broad SMARTS) is 1. The van der Waals surface area contributed by atoms with Crippen molar-refractivity contribution in [2.24, 2.45) is 35.0 Å². The number of aliphatic carboxylic acids is 1. The van der Waals surface area contributed by atoms with Crippen LogP contribution in [0.3, 0.4) is 0 Å². The molecule has 1 aliphatic rings. The van der Waals surface area contributed by atoms with E-state index in [2.05, 4.69) is 69.1 Å². The van der Waals surface area contributed by atoms with Crippen molar-refractivity contribution in [1.29, 1.82) is 0 Å². The van der Waals surface area contributed by atoms with Crippen LogP contribution < -0.4 is 69.1 Å². The maximum atomic E-state index is 14.7. The second-order valence-corrected chi connectivity index (χ2v) is 38.6. The molecule has 0 aromatic heterocycles. The number of nitrogens with zero attached hydrogens (tertiary/aromatic N) is 3. The molecule has 0 radical (unpaired) electrons. The number of methoxy groups -OCH3 is 2. The minimum absolute atomic E-state index is 0.0421. The molecular formula is C96H162N16O35. The summed E-state index contributed by atoms with van der Waals surface area (Å²) in [6, 6.07) is 0.187. The van der Waals surface area contributed by atoms with Crippen molar-refractivity contribution in [2.45, 2.75) is 288 Å². The van der Waals surface area contributed by atoms with E-state index in [1.165, 1.54) is 21.1 Å². The minimum Gasteiger partial charge on any atom is -0.480 e. The fourth-order valence-electron chi connectivity index (χ4n) is 15.7. The number of hydrogen-bond acceptors (Lipinski definition) is 35. The van der Waals surface area contributed by atoms with Crippen LogP contribution in [0.25, 0.3) is 0 Å². The molecule has 0 unspecified atom stereocenters. The topological polar surface area (TPSA) is 759 Å². The highest BCUT2D eigenvalue weighted by atomic mass is 16.6. The largest absolute Gasteiger partial charge is 0.480 e. The van der Waals surface area contributed by atoms with Crippen molar-refractivity contribution in [3.8, 4) is 0 Å². The van der Waals surface area contributed by atoms with Crippen LogP contribution in [0.15, 0.2) is 30.3 Å². The van der Waals surface area contributed by atoms with E-state index < -0.39 is 320 Å². The zero-order valence-corrected chi connectivity index (χ0v) is 87.1. The van der Waals surface area contributed by atoms with Gasteiger partial charge in [0, 0.05) is 105 Å². The number of esters is 1. The Morgan fingerprint density at radius 1 is 0.503 bits per heavy atom. The lowest BCUT2D eigenvalue weighted by atomic mass is 9.89. The van der Waals surface area contributed by atoms with Gasteiger partial charge in [-0.25, -0.2) is 14.4 Å². The maximum Gasteiger partial charge on any atom is 0.407 e. The fourth-order valence-corrected chi connectivity index (χ4v) is 15.7. The number of amides is 15. The first-order chi connectivity index (χ1) is 69.1. The molecule has 1 fully saturated rings. The third-order valence-electron chi connectivity index (χ3n) is 24.3. The molecule has 51 heteroatoms. The van der Waals surface area contributed by atoms with Gasteiger partial charge in [-0.05, 0) is 88.3 Å². The Morgan fingerprint density at radius 2 is 1.04 bits per heavy atom. The first-order valence-electron chi connectivity index (χ1n) is 49.4. The van der Waals surface area contributed by atoms with Crippen LogP contribution >= 0.6 is 0 Å². The molecule has 24 N–H and O–H groups in total. The van der Waals surface area contributed by atoms with E-state index >= 15 is 0 Å². The number of hydrogen-bond donors (Lipinski definition) is 24. The molecule has 2 rings (SSSR count). The van der Waals surface area contributed by atoms with Gasteiger partial charge < -0.3 is 159 Å². The fraction of sp³-hybridized carbons (Fsp3) is 0.740. The number of benzene rings is 1. The molecule has 1 heterocycles. The number of Topliss-reactive ketones (excluding diaryl/α,β-unsaturated/α-hetero) is 2. The monoisotopic (exact) mass is 2100 g/mol. The Kier molecular flexibility index (Phi) is 62.0. The summed E-state index contributed by atoms with van der Waals surface area (Å²) in [6.45, 7) is 13.0. The van der Waals surface area contributed by atoms with Gasteiger partial charge in [0.25, 0.3) is 0 Å². The van der Waals surface area contributed by atoms with Gasteiger partial charge in [0.15, 0.2) is 5.78 Å². The number of nitrogens with one attached hydrogen (secondary N) is 13. The number of ketones is 2. The normalized spacial score (nSPS) is 16.7. The zero-order valence-electron chi connectivity index (χ0n) is 87.1. The maximum absolute atomic E-state index is 14.7. The van der Waals surface area contributed by atoms with Gasteiger partial charge in [-0.2, -0.15) is 0 Å². The summed E-state index contributed by atoms with van der Waals surface area (Å²) in [5.74, 6) is -17.9. The van der Waals surface area contributed by atoms with Crippen LogP contribution in [0.2, 0.25) is 0 Å². The third kappa shape index (κ3) is 50.1. The predicted molar refractivity (Wildman–Crippen MR) is 525 cm³/mol. The summed E-state index contributed by atoms with van der Waals surface area (Å²) < 4.78 is 28.1. The van der Waals surface area contributed by atoms with Crippen molar-refractivity contribution in [2.75, 3.05) is 134 Å². The Hall–Kier alpha value is -11.2. The second kappa shape index (κ2) is 69.2. The van der Waals surface area contributed by atoms with Crippen LogP contribution in [-0.2, 0) is 116 Å². The van der Waals surface area contributed by atoms with Gasteiger partial charge in [-0.15, -0.1) is 0 Å². The van der Waals surface area contributed by atoms with Gasteiger partial charge in [-0.1, -0.05) is 106 Å². The first-order valence-corrected chi connectivity index (χ1v) is 49.4. The number of likely N-dealkylation sites (N-methyl/N-ethyl adjacent to an activating group) is 2. The number of carbonyl (C=O) groups is 19. The summed E-state index contributed by atoms with van der Waals surface area (Å²) in [6.07, 6.45) is -23.2. The Balaban J connectivity index is 2.19. The van der Waals surface area contributed by atoms with E-state index in [9.17, 15) is 142 Å². The summed E-state index contributed by atoms with van der Waals surface area (Å²) in [4.78, 5) is 259. The van der Waals surface area contributed by atoms with Gasteiger partial charge in [-0.3, -0.25) is 81.6 Å². The van der Waals surface area contributed by atoms with Gasteiger partial charge >= 0.3 is 18.0 Å². The van der Waals surface area contributed by atoms with Crippen molar-refractivity contribution in [1.82, 2.24) is 83.8 Å². The lowest BCUT2D eigenvalue weighted by Crippen LogP contribution is -2.59. The molecule has 15 amide bonds. The Bertz CT molecular complexity index is 4340. The van der Waals surface area contributed by atoms with Crippen LogP contribution in [0.5, 0.6) is 0 Å². The van der Waals surface area contributed by atoms with Crippen LogP contribution in [0.1, 0.15) is 178 Å². The number of carboxylic acids is 1. The summed E-state index contributed by atoms with van der Waals surface area (Å²) >= 11 is 0. The van der Waals surface area contributed by atoms with Gasteiger partial charge in [0.1, 0.15) is 79.2 Å². The molecule has 147 heavy (non-hydrogen) atoms. The number of likely N-dealkylation sites (tertiary alicyclic amines) is 1. The molecule has 0 saturated carbocycles. The molecule has 836 valence electrons. The number of ether oxygens (including phenoxy) is 5. The van der Waals surface area contributed by atoms with E-state index in [1.54, 1.807) is 68.2 Å². The molecule has 1 aromatic carbocycles. The van der Waals surface area contributed by atoms with Crippen LogP contribution in [0.4, 0.5) is 4.79 Å². The minimum atomic E-state index is -2.23. The molecule has 51 nitrogen and oxygen atoms in total. The number of alkyl carbamates (subject to hydrolysis) is 1. The SMILES string of the molecule is CC[C@H](C)[C@@H]([C@@H](CC(=O)N1CCC[C@H]1[C@H](OC)[C@@H](C)C(=O)N[C@@H](Cc1ccccc1)C(=O)NCCCOC(=O)[C@H](C)NC(=O)CC[C@H](NC(=O)CCNC(=O)OC[C@H](CC(=O)CNC(=O)CNC(=O)CNC(=O)CNC(=O)CCNC(=O)CCOCC(C)(C)C)C(=O)N[C@@H](CCC(=O)CC[C@H](O)[C@@H](O)[C@H](O)[C@H](O)CO)C(=O)NC[C@H](O)[C@@H](O)[C@H](O)[C@H](O)CO)C(=O)O)OC)N(C)C(=O)[C@@H](NC(=O)[C@H](C(C)C)N(C)C)C(C)C. The molecule has 21 atom stereocenters. The summed E-state index contributed by atoms with van der Waals surface area (Å²) in [7, 11) is 8.17. The van der Waals surface area contributed by atoms with E-state index in [-0.39, 0.29) is 105 Å². The highest BCUT2D eigenvalue weighted by Crippen LogP contribution is 2.31. The smallest absolute Gasteiger partial charge is 0.407 e. The zero-order chi connectivity index (χ0) is 111. The van der Waals surface area contributed by atoms with E-state index in [4.69, 9.17) is 28.8 Å². The average Bonchev–Trinajstić information content (AvgIpc) is 1.73. The quantitative estimate of drug-likeness (QED) is 0.0213. The van der Waals surface area contributed by atoms with Gasteiger partial charge in [0.05, 0.1) is 120 Å². The predicted octanol–water partition coefficient (Wildman–Crippen LogP) is -7.02. The standard InChI is InChI=1S/C96H162N16O35/c1-17-55(6)81(111(14)92(138)79(53(2)3)109-91(137)80(54(4)5)110(12)13)70(143-15)43-78(128)112-38-21-25-65(112)86(144-16)56(7)87(133)108-64(41-58-23-19-18-20-24-58)90(136)98-35-22-39-146-94(141)57(8)105-73(123)31-29-63(93(139)140)106-74(124)33-37-99-95(142)147-51-59(42-61(116)44-100-75(125)47-102-77(127)48-103-76(126)46-101-71(121)32-36-97-72(122)34-40-145-52-96(9,10)11)88(134)107-62(89(135)104-45-67(118)83(130)85(132)69(120)50-114)28-26-60(115)27-30-66(117)82(129)84(131)68(119)49-113/h18-20,23-24,53-57,59,62-70,79-86,113-114,117-120,129-132H,17,21-22,25-52H2,1-16H3,(H,97,122)(H,98,136)(H,99,142)(H,100,125)(H,101,121)(H,102,127)(H,103,126)(H,104,135)(H,105,123)(H,106,124)(H,107,134)(H,108,133)(H,109,137)(H,139,140)/t55-,56+,57-,59-,62-,63-,64-,65-,66-,67-,68+,69+,70+,79-,80-,81-,82+,83+,84+,85+,86+/m0/s1. The van der Waals surface area contributed by atoms with E-state index in [0.29, 0.717) is 38.0 Å². The van der Waals surface area contributed by atoms with E-state index in [1.807, 2.05) is 67.2 Å². The number of aliphatic hydroxyl groups is 10. The van der Waals surface area contributed by atoms with E-state index in [0.717, 1.165) is 0 Å². The molecule has 1 aliphatic heterocycles. The Labute approximate surface area is 856 Å². The molecule has 0 bridgehead atoms. The number of carbonyl (C=O) groups excluding carboxylic acids is 18. The van der Waals surface area contributed by atoms with Crippen LogP contribution in [0, 0.1) is 35.0 Å². The molecule has 0 spiro atoms. The molecular weight excluding hydrogens is 1940 g/mol. The van der Waals surface area contributed by atoms with Crippen molar-refractivity contribution >= 4 is 112 Å². The summed E-state index contributed by atoms with van der Waals surface area (Å²) in [5.41, 5.74) is 0.594. The second-order valence-electron chi connectivity index (χ2n) is 38.6. The number of aliphatic hydroxyl groups excluding tert-OH is 10. The van der Waals surface area contributed by atoms with Crippen molar-refractivity contribution < 1.29 is 171 Å². The van der Waals surface area contributed by atoms with Gasteiger partial charge in [0.2, 0.25) is 82.7 Å². The highest BCUT2D eigenvalue weighted by molar-refractivity contribution is 5.96. The van der Waals surface area contributed by atoms with Crippen molar-refractivity contribution in [3.63, 3.8) is 0 Å². The molecule has 1 aromatic rings. The van der Waals surface area contributed by atoms with Crippen LogP contribution in [-0.4, -0.2) is 426 Å². The lowest BCUT2D eigenvalue weighted by molar-refractivity contribution is -0.148. The van der Waals surface area contributed by atoms with Crippen molar-refractivity contribution in [3.05, 3.63) is 35.9 Å². The lowest BCUT2D eigenvalue weighted by Gasteiger charge is -2.41. The molecule has 1 saturated heterocycles. The number of rotatable bonds is 73.